The number of hydrogen-bond acceptors (Lipinski definition) is 2. The van der Waals surface area contributed by atoms with E-state index >= 15 is 0 Å². The van der Waals surface area contributed by atoms with Gasteiger partial charge in [-0.25, -0.2) is 9.97 Å². The lowest BCUT2D eigenvalue weighted by Crippen LogP contribution is -2.02. The molecule has 2 heteroatoms. The highest BCUT2D eigenvalue weighted by Crippen LogP contribution is 2.19. The molecule has 1 rings (SSSR count). The standard InChI is InChI=1S/C11H16N2/c1-5-9-10(6-2)12-7-13-11(9)8(3)4/h5,7-8H,1,6H2,2-4H3. The number of aromatic nitrogens is 2. The van der Waals surface area contributed by atoms with Gasteiger partial charge >= 0.3 is 0 Å². The molecule has 0 aromatic carbocycles. The van der Waals surface area contributed by atoms with Crippen LogP contribution in [0.15, 0.2) is 12.9 Å². The van der Waals surface area contributed by atoms with Gasteiger partial charge in [0.1, 0.15) is 6.33 Å². The third kappa shape index (κ3) is 1.94. The minimum atomic E-state index is 0.432. The fraction of sp³-hybridized carbons (Fsp3) is 0.455. The van der Waals surface area contributed by atoms with Crippen molar-refractivity contribution in [3.05, 3.63) is 29.9 Å². The summed E-state index contributed by atoms with van der Waals surface area (Å²) in [5.41, 5.74) is 3.30. The van der Waals surface area contributed by atoms with Crippen LogP contribution >= 0.6 is 0 Å². The first-order valence-electron chi connectivity index (χ1n) is 4.66. The molecule has 0 amide bonds. The van der Waals surface area contributed by atoms with Gasteiger partial charge < -0.3 is 0 Å². The summed E-state index contributed by atoms with van der Waals surface area (Å²) in [4.78, 5) is 8.50. The van der Waals surface area contributed by atoms with Crippen molar-refractivity contribution in [1.82, 2.24) is 9.97 Å². The van der Waals surface area contributed by atoms with E-state index in [2.05, 4.69) is 37.3 Å². The summed E-state index contributed by atoms with van der Waals surface area (Å²) >= 11 is 0. The van der Waals surface area contributed by atoms with Crippen LogP contribution in [0, 0.1) is 0 Å². The quantitative estimate of drug-likeness (QED) is 0.707. The zero-order valence-corrected chi connectivity index (χ0v) is 8.54. The molecule has 1 aromatic heterocycles. The average Bonchev–Trinajstić information content (AvgIpc) is 2.16. The molecule has 0 N–H and O–H groups in total. The summed E-state index contributed by atoms with van der Waals surface area (Å²) in [6.07, 6.45) is 4.43. The van der Waals surface area contributed by atoms with Crippen LogP contribution in [0.25, 0.3) is 6.08 Å². The average molecular weight is 176 g/mol. The molecule has 1 heterocycles. The highest BCUT2D eigenvalue weighted by atomic mass is 14.8. The van der Waals surface area contributed by atoms with E-state index in [1.165, 1.54) is 0 Å². The van der Waals surface area contributed by atoms with Crippen LogP contribution in [0.2, 0.25) is 0 Å². The van der Waals surface area contributed by atoms with Crippen molar-refractivity contribution >= 4 is 6.08 Å². The maximum absolute atomic E-state index is 4.28. The molecule has 0 aliphatic heterocycles. The normalized spacial score (nSPS) is 10.5. The number of nitrogens with zero attached hydrogens (tertiary/aromatic N) is 2. The fourth-order valence-corrected chi connectivity index (χ4v) is 1.41. The van der Waals surface area contributed by atoms with E-state index in [4.69, 9.17) is 0 Å². The van der Waals surface area contributed by atoms with E-state index in [1.807, 2.05) is 6.08 Å². The van der Waals surface area contributed by atoms with Crippen molar-refractivity contribution < 1.29 is 0 Å². The van der Waals surface area contributed by atoms with E-state index in [0.29, 0.717) is 5.92 Å². The molecule has 2 nitrogen and oxygen atoms in total. The Balaban J connectivity index is 3.27. The molecule has 0 saturated heterocycles. The van der Waals surface area contributed by atoms with Crippen LogP contribution in [-0.2, 0) is 6.42 Å². The Bertz CT molecular complexity index is 303. The zero-order valence-electron chi connectivity index (χ0n) is 8.54. The number of rotatable bonds is 3. The molecule has 0 unspecified atom stereocenters. The summed E-state index contributed by atoms with van der Waals surface area (Å²) in [7, 11) is 0. The van der Waals surface area contributed by atoms with Gasteiger partial charge in [-0.3, -0.25) is 0 Å². The van der Waals surface area contributed by atoms with E-state index in [9.17, 15) is 0 Å². The summed E-state index contributed by atoms with van der Waals surface area (Å²) in [5.74, 6) is 0.432. The van der Waals surface area contributed by atoms with Crippen LogP contribution in [0.1, 0.15) is 43.6 Å². The predicted octanol–water partition coefficient (Wildman–Crippen LogP) is 2.81. The van der Waals surface area contributed by atoms with Crippen molar-refractivity contribution in [2.45, 2.75) is 33.1 Å². The van der Waals surface area contributed by atoms with Gasteiger partial charge in [-0.2, -0.15) is 0 Å². The SMILES string of the molecule is C=Cc1c(CC)ncnc1C(C)C. The smallest absolute Gasteiger partial charge is 0.115 e. The molecule has 0 fully saturated rings. The maximum atomic E-state index is 4.28. The second kappa shape index (κ2) is 4.17. The first-order valence-corrected chi connectivity index (χ1v) is 4.66. The van der Waals surface area contributed by atoms with Crippen LogP contribution in [0.5, 0.6) is 0 Å². The van der Waals surface area contributed by atoms with Gasteiger partial charge in [-0.15, -0.1) is 0 Å². The molecular formula is C11H16N2. The highest BCUT2D eigenvalue weighted by molar-refractivity contribution is 5.53. The third-order valence-electron chi connectivity index (χ3n) is 2.08. The third-order valence-corrected chi connectivity index (χ3v) is 2.08. The Morgan fingerprint density at radius 2 is 2.15 bits per heavy atom. The van der Waals surface area contributed by atoms with E-state index in [-0.39, 0.29) is 0 Å². The van der Waals surface area contributed by atoms with Crippen molar-refractivity contribution in [2.24, 2.45) is 0 Å². The molecule has 0 bridgehead atoms. The van der Waals surface area contributed by atoms with E-state index < -0.39 is 0 Å². The maximum Gasteiger partial charge on any atom is 0.115 e. The minimum absolute atomic E-state index is 0.432. The lowest BCUT2D eigenvalue weighted by Gasteiger charge is -2.10. The Morgan fingerprint density at radius 1 is 1.46 bits per heavy atom. The second-order valence-corrected chi connectivity index (χ2v) is 3.33. The van der Waals surface area contributed by atoms with E-state index in [0.717, 1.165) is 23.4 Å². The Morgan fingerprint density at radius 3 is 2.62 bits per heavy atom. The molecule has 0 radical (unpaired) electrons. The molecule has 0 aliphatic carbocycles. The summed E-state index contributed by atoms with van der Waals surface area (Å²) in [5, 5.41) is 0. The van der Waals surface area contributed by atoms with Gasteiger partial charge in [0.25, 0.3) is 0 Å². The topological polar surface area (TPSA) is 25.8 Å². The Labute approximate surface area is 79.7 Å². The van der Waals surface area contributed by atoms with Gasteiger partial charge in [0.15, 0.2) is 0 Å². The first kappa shape index (κ1) is 9.90. The summed E-state index contributed by atoms with van der Waals surface area (Å²) in [6, 6.07) is 0. The van der Waals surface area contributed by atoms with Gasteiger partial charge in [0, 0.05) is 5.56 Å². The van der Waals surface area contributed by atoms with Crippen LogP contribution in [0.4, 0.5) is 0 Å². The molecule has 0 aliphatic rings. The van der Waals surface area contributed by atoms with Gasteiger partial charge in [-0.1, -0.05) is 33.4 Å². The Hall–Kier alpha value is -1.18. The van der Waals surface area contributed by atoms with Crippen molar-refractivity contribution in [1.29, 1.82) is 0 Å². The molecule has 70 valence electrons. The van der Waals surface area contributed by atoms with Gasteiger partial charge in [0.05, 0.1) is 11.4 Å². The molecular weight excluding hydrogens is 160 g/mol. The lowest BCUT2D eigenvalue weighted by atomic mass is 10.0. The number of aryl methyl sites for hydroxylation is 1. The minimum Gasteiger partial charge on any atom is -0.241 e. The second-order valence-electron chi connectivity index (χ2n) is 3.33. The number of hydrogen-bond donors (Lipinski definition) is 0. The molecule has 0 saturated carbocycles. The molecule has 1 aromatic rings. The monoisotopic (exact) mass is 176 g/mol. The largest absolute Gasteiger partial charge is 0.241 e. The highest BCUT2D eigenvalue weighted by Gasteiger charge is 2.09. The predicted molar refractivity (Wildman–Crippen MR) is 55.6 cm³/mol. The van der Waals surface area contributed by atoms with Crippen LogP contribution in [0.3, 0.4) is 0 Å². The van der Waals surface area contributed by atoms with Crippen molar-refractivity contribution in [3.8, 4) is 0 Å². The molecule has 0 spiro atoms. The van der Waals surface area contributed by atoms with Crippen molar-refractivity contribution in [3.63, 3.8) is 0 Å². The van der Waals surface area contributed by atoms with Gasteiger partial charge in [0.2, 0.25) is 0 Å². The molecule has 0 atom stereocenters. The fourth-order valence-electron chi connectivity index (χ4n) is 1.41. The summed E-state index contributed by atoms with van der Waals surface area (Å²) in [6.45, 7) is 10.2. The first-order chi connectivity index (χ1) is 6.20. The summed E-state index contributed by atoms with van der Waals surface area (Å²) < 4.78 is 0. The van der Waals surface area contributed by atoms with Crippen LogP contribution in [-0.4, -0.2) is 9.97 Å². The van der Waals surface area contributed by atoms with Gasteiger partial charge in [-0.05, 0) is 12.3 Å². The van der Waals surface area contributed by atoms with Crippen molar-refractivity contribution in [2.75, 3.05) is 0 Å². The Kier molecular flexibility index (Phi) is 3.18. The van der Waals surface area contributed by atoms with E-state index in [1.54, 1.807) is 6.33 Å². The molecule has 13 heavy (non-hydrogen) atoms. The van der Waals surface area contributed by atoms with Crippen LogP contribution < -0.4 is 0 Å². The lowest BCUT2D eigenvalue weighted by molar-refractivity contribution is 0.798. The zero-order chi connectivity index (χ0) is 9.84.